The second-order valence-electron chi connectivity index (χ2n) is 6.97. The number of aliphatic carboxylic acids is 1. The van der Waals surface area contributed by atoms with Gasteiger partial charge in [-0.15, -0.1) is 10.2 Å². The van der Waals surface area contributed by atoms with E-state index in [0.717, 1.165) is 26.9 Å². The molecule has 0 bridgehead atoms. The van der Waals surface area contributed by atoms with Crippen molar-refractivity contribution in [3.05, 3.63) is 72.3 Å². The first-order valence-electron chi connectivity index (χ1n) is 9.51. The Hall–Kier alpha value is -4.21. The first-order valence-corrected chi connectivity index (χ1v) is 9.51. The van der Waals surface area contributed by atoms with Crippen molar-refractivity contribution in [2.45, 2.75) is 18.4 Å². The van der Waals surface area contributed by atoms with Gasteiger partial charge in [0.25, 0.3) is 5.91 Å². The molecule has 3 N–H and O–H groups in total. The minimum Gasteiger partial charge on any atom is -0.481 e. The van der Waals surface area contributed by atoms with Crippen LogP contribution < -0.4 is 10.7 Å². The van der Waals surface area contributed by atoms with Crippen LogP contribution in [0, 0.1) is 0 Å². The molecule has 0 fully saturated rings. The summed E-state index contributed by atoms with van der Waals surface area (Å²) in [6.07, 6.45) is 0.955. The van der Waals surface area contributed by atoms with Crippen LogP contribution in [0.15, 0.2) is 61.2 Å². The summed E-state index contributed by atoms with van der Waals surface area (Å²) in [7, 11) is 0. The topological polar surface area (TPSA) is 135 Å². The fourth-order valence-electron chi connectivity index (χ4n) is 3.63. The van der Waals surface area contributed by atoms with Crippen LogP contribution in [0.4, 0.5) is 4.79 Å². The van der Waals surface area contributed by atoms with Gasteiger partial charge in [0.1, 0.15) is 25.3 Å². The van der Waals surface area contributed by atoms with Gasteiger partial charge >= 0.3 is 12.1 Å². The highest BCUT2D eigenvalue weighted by Crippen LogP contribution is 2.44. The summed E-state index contributed by atoms with van der Waals surface area (Å²) in [5.74, 6) is -2.14. The van der Waals surface area contributed by atoms with Crippen molar-refractivity contribution in [3.63, 3.8) is 0 Å². The van der Waals surface area contributed by atoms with Gasteiger partial charge in [0.15, 0.2) is 0 Å². The predicted molar refractivity (Wildman–Crippen MR) is 109 cm³/mol. The minimum atomic E-state index is -1.34. The van der Waals surface area contributed by atoms with E-state index < -0.39 is 30.4 Å². The van der Waals surface area contributed by atoms with E-state index in [4.69, 9.17) is 9.84 Å². The Morgan fingerprint density at radius 3 is 2.16 bits per heavy atom. The second-order valence-corrected chi connectivity index (χ2v) is 6.97. The van der Waals surface area contributed by atoms with Gasteiger partial charge in [-0.05, 0) is 22.3 Å². The molecule has 1 unspecified atom stereocenters. The average molecular weight is 421 g/mol. The number of carboxylic acids is 1. The zero-order chi connectivity index (χ0) is 21.8. The molecule has 0 aliphatic heterocycles. The zero-order valence-electron chi connectivity index (χ0n) is 16.3. The maximum Gasteiger partial charge on any atom is 0.407 e. The Kier molecular flexibility index (Phi) is 5.61. The Bertz CT molecular complexity index is 1070. The summed E-state index contributed by atoms with van der Waals surface area (Å²) >= 11 is 0. The van der Waals surface area contributed by atoms with Crippen LogP contribution in [-0.4, -0.2) is 50.6 Å². The van der Waals surface area contributed by atoms with E-state index in [-0.39, 0.29) is 12.5 Å². The normalized spacial score (nSPS) is 13.0. The monoisotopic (exact) mass is 421 g/mol. The lowest BCUT2D eigenvalue weighted by Crippen LogP contribution is -2.47. The van der Waals surface area contributed by atoms with E-state index in [9.17, 15) is 14.4 Å². The molecule has 31 heavy (non-hydrogen) atoms. The standard InChI is InChI=1S/C21H19N5O5/c27-19(28)9-18(20(29)25-26-11-22-23-12-26)24-21(30)31-10-17-15-7-3-1-5-13(15)14-6-2-4-8-16(14)17/h1-8,11-12,17-18H,9-10H2,(H,24,30)(H,25,29)(H,27,28). The van der Waals surface area contributed by atoms with Crippen LogP contribution in [0.25, 0.3) is 11.1 Å². The smallest absolute Gasteiger partial charge is 0.407 e. The molecule has 0 radical (unpaired) electrons. The van der Waals surface area contributed by atoms with E-state index in [1.54, 1.807) is 0 Å². The maximum absolute atomic E-state index is 12.4. The van der Waals surface area contributed by atoms with Crippen LogP contribution in [0.1, 0.15) is 23.5 Å². The molecule has 2 aromatic carbocycles. The number of fused-ring (bicyclic) bond motifs is 3. The molecule has 158 valence electrons. The Balaban J connectivity index is 1.43. The minimum absolute atomic E-state index is 0.0483. The molecule has 10 nitrogen and oxygen atoms in total. The van der Waals surface area contributed by atoms with Gasteiger partial charge < -0.3 is 15.2 Å². The summed E-state index contributed by atoms with van der Waals surface area (Å²) in [4.78, 5) is 35.9. The summed E-state index contributed by atoms with van der Waals surface area (Å²) in [6.45, 7) is 0.0483. The molecule has 1 heterocycles. The molecular weight excluding hydrogens is 402 g/mol. The van der Waals surface area contributed by atoms with Crippen molar-refractivity contribution in [2.75, 3.05) is 12.0 Å². The number of hydrogen-bond donors (Lipinski definition) is 3. The van der Waals surface area contributed by atoms with Crippen LogP contribution in [0.3, 0.4) is 0 Å². The highest BCUT2D eigenvalue weighted by Gasteiger charge is 2.30. The Morgan fingerprint density at radius 1 is 1.00 bits per heavy atom. The Morgan fingerprint density at radius 2 is 1.58 bits per heavy atom. The van der Waals surface area contributed by atoms with Gasteiger partial charge in [0.05, 0.1) is 6.42 Å². The number of nitrogens with zero attached hydrogens (tertiary/aromatic N) is 3. The van der Waals surface area contributed by atoms with Gasteiger partial charge in [-0.25, -0.2) is 9.47 Å². The van der Waals surface area contributed by atoms with E-state index >= 15 is 0 Å². The van der Waals surface area contributed by atoms with E-state index in [1.807, 2.05) is 48.5 Å². The number of hydrogen-bond acceptors (Lipinski definition) is 6. The molecule has 3 aromatic rings. The van der Waals surface area contributed by atoms with Crippen molar-refractivity contribution < 1.29 is 24.2 Å². The fourth-order valence-corrected chi connectivity index (χ4v) is 3.63. The van der Waals surface area contributed by atoms with Crippen molar-refractivity contribution in [1.29, 1.82) is 0 Å². The number of alkyl carbamates (subject to hydrolysis) is 1. The van der Waals surface area contributed by atoms with Gasteiger partial charge in [-0.1, -0.05) is 48.5 Å². The first kappa shape index (κ1) is 20.1. The number of aromatic nitrogens is 3. The third kappa shape index (κ3) is 4.37. The highest BCUT2D eigenvalue weighted by atomic mass is 16.5. The van der Waals surface area contributed by atoms with Gasteiger partial charge in [-0.3, -0.25) is 15.0 Å². The van der Waals surface area contributed by atoms with Crippen LogP contribution in [-0.2, 0) is 14.3 Å². The lowest BCUT2D eigenvalue weighted by molar-refractivity contribution is -0.139. The number of benzene rings is 2. The molecule has 2 amide bonds. The van der Waals surface area contributed by atoms with E-state index in [0.29, 0.717) is 0 Å². The summed E-state index contributed by atoms with van der Waals surface area (Å²) in [5, 5.41) is 18.5. The molecule has 4 rings (SSSR count). The van der Waals surface area contributed by atoms with Gasteiger partial charge in [-0.2, -0.15) is 0 Å². The van der Waals surface area contributed by atoms with Crippen LogP contribution in [0.5, 0.6) is 0 Å². The van der Waals surface area contributed by atoms with Crippen molar-refractivity contribution in [2.24, 2.45) is 0 Å². The number of amides is 2. The molecule has 0 spiro atoms. The maximum atomic E-state index is 12.4. The van der Waals surface area contributed by atoms with Crippen molar-refractivity contribution >= 4 is 18.0 Å². The number of carbonyl (C=O) groups excluding carboxylic acids is 2. The van der Waals surface area contributed by atoms with Gasteiger partial charge in [0, 0.05) is 5.92 Å². The second kappa shape index (κ2) is 8.66. The average Bonchev–Trinajstić information content (AvgIpc) is 3.37. The largest absolute Gasteiger partial charge is 0.481 e. The third-order valence-corrected chi connectivity index (χ3v) is 4.99. The SMILES string of the molecule is O=C(O)CC(NC(=O)OCC1c2ccccc2-c2ccccc21)C(=O)Nn1cnnc1. The highest BCUT2D eigenvalue weighted by molar-refractivity contribution is 5.94. The molecule has 1 aromatic heterocycles. The summed E-state index contributed by atoms with van der Waals surface area (Å²) < 4.78 is 6.53. The molecule has 0 saturated heterocycles. The fraction of sp³-hybridized carbons (Fsp3) is 0.190. The lowest BCUT2D eigenvalue weighted by atomic mass is 9.98. The number of nitrogens with one attached hydrogen (secondary N) is 2. The number of rotatable bonds is 7. The Labute approximate surface area is 176 Å². The third-order valence-electron chi connectivity index (χ3n) is 4.99. The molecule has 10 heteroatoms. The molecule has 1 atom stereocenters. The predicted octanol–water partition coefficient (Wildman–Crippen LogP) is 1.73. The molecule has 1 aliphatic carbocycles. The van der Waals surface area contributed by atoms with E-state index in [2.05, 4.69) is 20.9 Å². The van der Waals surface area contributed by atoms with E-state index in [1.165, 1.54) is 12.7 Å². The molecule has 1 aliphatic rings. The van der Waals surface area contributed by atoms with Crippen molar-refractivity contribution in [3.8, 4) is 11.1 Å². The van der Waals surface area contributed by atoms with Gasteiger partial charge in [0.2, 0.25) is 0 Å². The van der Waals surface area contributed by atoms with Crippen LogP contribution in [0.2, 0.25) is 0 Å². The zero-order valence-corrected chi connectivity index (χ0v) is 16.3. The number of carboxylic acid groups (broad SMARTS) is 1. The quantitative estimate of drug-likeness (QED) is 0.529. The lowest BCUT2D eigenvalue weighted by Gasteiger charge is -2.18. The summed E-state index contributed by atoms with van der Waals surface area (Å²) in [6, 6.07) is 14.4. The molecule has 0 saturated carbocycles. The van der Waals surface area contributed by atoms with Crippen LogP contribution >= 0.6 is 0 Å². The first-order chi connectivity index (χ1) is 15.0. The summed E-state index contributed by atoms with van der Waals surface area (Å²) in [5.41, 5.74) is 6.64. The number of carbonyl (C=O) groups is 3. The number of ether oxygens (including phenoxy) is 1. The van der Waals surface area contributed by atoms with Crippen molar-refractivity contribution in [1.82, 2.24) is 20.2 Å². The molecular formula is C21H19N5O5.